The zero-order valence-electron chi connectivity index (χ0n) is 12.1. The lowest BCUT2D eigenvalue weighted by Crippen LogP contribution is -2.28. The number of esters is 1. The Labute approximate surface area is 116 Å². The molecule has 1 unspecified atom stereocenters. The van der Waals surface area contributed by atoms with Crippen LogP contribution in [0.1, 0.15) is 52.4 Å². The third-order valence-electron chi connectivity index (χ3n) is 3.83. The third kappa shape index (κ3) is 5.06. The molecule has 106 valence electrons. The predicted molar refractivity (Wildman–Crippen MR) is 75.2 cm³/mol. The second-order valence-corrected chi connectivity index (χ2v) is 5.25. The summed E-state index contributed by atoms with van der Waals surface area (Å²) < 4.78 is 4.98. The smallest absolute Gasteiger partial charge is 0.323 e. The first-order valence-corrected chi connectivity index (χ1v) is 7.45. The van der Waals surface area contributed by atoms with Crippen LogP contribution in [0, 0.1) is 29.1 Å². The lowest BCUT2D eigenvalue weighted by atomic mass is 9.76. The zero-order chi connectivity index (χ0) is 14.1. The highest BCUT2D eigenvalue weighted by Crippen LogP contribution is 2.34. The van der Waals surface area contributed by atoms with Crippen molar-refractivity contribution in [2.75, 3.05) is 6.61 Å². The van der Waals surface area contributed by atoms with Gasteiger partial charge in [-0.3, -0.25) is 4.79 Å². The van der Waals surface area contributed by atoms with Gasteiger partial charge < -0.3 is 4.74 Å². The molecule has 3 heteroatoms. The molecule has 0 N–H and O–H groups in total. The van der Waals surface area contributed by atoms with E-state index in [2.05, 4.69) is 25.1 Å². The molecule has 0 aromatic heterocycles. The van der Waals surface area contributed by atoms with E-state index in [1.807, 2.05) is 0 Å². The summed E-state index contributed by atoms with van der Waals surface area (Å²) in [6.07, 6.45) is 11.0. The third-order valence-corrected chi connectivity index (χ3v) is 3.83. The van der Waals surface area contributed by atoms with E-state index in [9.17, 15) is 4.79 Å². The van der Waals surface area contributed by atoms with Gasteiger partial charge in [0.25, 0.3) is 0 Å². The molecular formula is C16H25NO2. The summed E-state index contributed by atoms with van der Waals surface area (Å²) in [5.41, 5.74) is 0. The highest BCUT2D eigenvalue weighted by Gasteiger charge is 2.32. The molecule has 0 radical (unpaired) electrons. The van der Waals surface area contributed by atoms with Crippen molar-refractivity contribution in [1.82, 2.24) is 0 Å². The van der Waals surface area contributed by atoms with Gasteiger partial charge in [0.1, 0.15) is 5.92 Å². The number of rotatable bonds is 6. The van der Waals surface area contributed by atoms with Crippen LogP contribution in [0.5, 0.6) is 0 Å². The molecule has 0 aromatic rings. The molecule has 3 nitrogen and oxygen atoms in total. The Bertz CT molecular complexity index is 335. The monoisotopic (exact) mass is 263 g/mol. The van der Waals surface area contributed by atoms with Crippen molar-refractivity contribution in [2.24, 2.45) is 17.8 Å². The van der Waals surface area contributed by atoms with Crippen LogP contribution in [0.25, 0.3) is 0 Å². The number of carbonyl (C=O) groups is 1. The summed E-state index contributed by atoms with van der Waals surface area (Å²) in [5.74, 6) is -0.0975. The van der Waals surface area contributed by atoms with Crippen molar-refractivity contribution in [1.29, 1.82) is 5.26 Å². The van der Waals surface area contributed by atoms with Crippen LogP contribution in [0.2, 0.25) is 0 Å². The minimum absolute atomic E-state index is 0.180. The number of hydrogen-bond donors (Lipinski definition) is 0. The fraction of sp³-hybridized carbons (Fsp3) is 0.750. The van der Waals surface area contributed by atoms with Gasteiger partial charge in [-0.05, 0) is 50.9 Å². The van der Waals surface area contributed by atoms with Crippen molar-refractivity contribution in [3.05, 3.63) is 12.2 Å². The average molecular weight is 263 g/mol. The molecule has 0 heterocycles. The van der Waals surface area contributed by atoms with Gasteiger partial charge in [0.05, 0.1) is 12.7 Å². The molecular weight excluding hydrogens is 238 g/mol. The number of nitriles is 1. The van der Waals surface area contributed by atoms with Crippen LogP contribution in [0.15, 0.2) is 12.2 Å². The second kappa shape index (κ2) is 8.74. The van der Waals surface area contributed by atoms with Crippen molar-refractivity contribution in [2.45, 2.75) is 52.4 Å². The lowest BCUT2D eigenvalue weighted by molar-refractivity contribution is -0.148. The van der Waals surface area contributed by atoms with E-state index >= 15 is 0 Å². The molecule has 0 saturated heterocycles. The molecule has 19 heavy (non-hydrogen) atoms. The predicted octanol–water partition coefficient (Wildman–Crippen LogP) is 3.85. The minimum atomic E-state index is -0.569. The first-order chi connectivity index (χ1) is 9.22. The summed E-state index contributed by atoms with van der Waals surface area (Å²) in [6, 6.07) is 2.13. The van der Waals surface area contributed by atoms with Gasteiger partial charge in [0, 0.05) is 0 Å². The van der Waals surface area contributed by atoms with Gasteiger partial charge in [0.2, 0.25) is 0 Å². The van der Waals surface area contributed by atoms with Gasteiger partial charge in [-0.2, -0.15) is 5.26 Å². The van der Waals surface area contributed by atoms with E-state index in [0.29, 0.717) is 12.5 Å². The van der Waals surface area contributed by atoms with Gasteiger partial charge in [0.15, 0.2) is 0 Å². The van der Waals surface area contributed by atoms with Gasteiger partial charge in [-0.25, -0.2) is 0 Å². The van der Waals surface area contributed by atoms with Crippen LogP contribution in [0.4, 0.5) is 0 Å². The Morgan fingerprint density at radius 1 is 1.37 bits per heavy atom. The first-order valence-electron chi connectivity index (χ1n) is 7.45. The fourth-order valence-corrected chi connectivity index (χ4v) is 2.71. The molecule has 1 fully saturated rings. The topological polar surface area (TPSA) is 50.1 Å². The maximum atomic E-state index is 11.7. The largest absolute Gasteiger partial charge is 0.465 e. The maximum Gasteiger partial charge on any atom is 0.323 e. The fourth-order valence-electron chi connectivity index (χ4n) is 2.71. The normalized spacial score (nSPS) is 24.9. The maximum absolute atomic E-state index is 11.7. The van der Waals surface area contributed by atoms with Gasteiger partial charge in [-0.15, -0.1) is 0 Å². The summed E-state index contributed by atoms with van der Waals surface area (Å²) in [4.78, 5) is 11.7. The summed E-state index contributed by atoms with van der Waals surface area (Å²) in [5, 5.41) is 9.15. The summed E-state index contributed by atoms with van der Waals surface area (Å²) >= 11 is 0. The summed E-state index contributed by atoms with van der Waals surface area (Å²) in [7, 11) is 0. The highest BCUT2D eigenvalue weighted by molar-refractivity contribution is 5.75. The van der Waals surface area contributed by atoms with Crippen molar-refractivity contribution < 1.29 is 9.53 Å². The van der Waals surface area contributed by atoms with E-state index in [4.69, 9.17) is 10.00 Å². The summed E-state index contributed by atoms with van der Waals surface area (Å²) in [6.45, 7) is 4.31. The van der Waals surface area contributed by atoms with Crippen LogP contribution >= 0.6 is 0 Å². The van der Waals surface area contributed by atoms with E-state index in [1.165, 1.54) is 6.42 Å². The van der Waals surface area contributed by atoms with Crippen molar-refractivity contribution >= 4 is 5.97 Å². The Morgan fingerprint density at radius 3 is 2.58 bits per heavy atom. The first kappa shape index (κ1) is 15.8. The van der Waals surface area contributed by atoms with Crippen LogP contribution < -0.4 is 0 Å². The van der Waals surface area contributed by atoms with E-state index in [1.54, 1.807) is 6.92 Å². The Hall–Kier alpha value is -1.30. The van der Waals surface area contributed by atoms with E-state index in [0.717, 1.165) is 32.1 Å². The molecule has 1 saturated carbocycles. The Kier molecular flexibility index (Phi) is 7.25. The van der Waals surface area contributed by atoms with Gasteiger partial charge in [-0.1, -0.05) is 25.5 Å². The number of unbranched alkanes of at least 4 members (excludes halogenated alkanes) is 1. The van der Waals surface area contributed by atoms with E-state index < -0.39 is 5.92 Å². The zero-order valence-corrected chi connectivity index (χ0v) is 12.1. The van der Waals surface area contributed by atoms with Crippen LogP contribution in [0.3, 0.4) is 0 Å². The molecule has 1 aliphatic rings. The van der Waals surface area contributed by atoms with E-state index in [-0.39, 0.29) is 11.9 Å². The Morgan fingerprint density at radius 2 is 2.05 bits per heavy atom. The minimum Gasteiger partial charge on any atom is -0.465 e. The molecule has 0 spiro atoms. The highest BCUT2D eigenvalue weighted by atomic mass is 16.5. The Balaban J connectivity index is 2.43. The standard InChI is InChI=1S/C16H25NO2/c1-3-5-6-7-13-8-10-14(11-9-13)15(12-17)16(18)19-4-2/h6-7,13-15H,3-5,8-11H2,1-2H3/b7-6+/t13-,14-,15?. The average Bonchev–Trinajstić information content (AvgIpc) is 2.42. The molecule has 1 atom stereocenters. The molecule has 1 aliphatic carbocycles. The second-order valence-electron chi connectivity index (χ2n) is 5.25. The number of carbonyl (C=O) groups excluding carboxylic acids is 1. The van der Waals surface area contributed by atoms with Crippen molar-refractivity contribution in [3.8, 4) is 6.07 Å². The SMILES string of the molecule is CCC/C=C/[C@H]1CC[C@H](C(C#N)C(=O)OCC)CC1. The van der Waals surface area contributed by atoms with Gasteiger partial charge >= 0.3 is 5.97 Å². The number of nitrogens with zero attached hydrogens (tertiary/aromatic N) is 1. The molecule has 1 rings (SSSR count). The molecule has 0 aliphatic heterocycles. The number of hydrogen-bond acceptors (Lipinski definition) is 3. The lowest BCUT2D eigenvalue weighted by Gasteiger charge is -2.28. The number of allylic oxidation sites excluding steroid dienone is 2. The van der Waals surface area contributed by atoms with Crippen LogP contribution in [-0.2, 0) is 9.53 Å². The van der Waals surface area contributed by atoms with Crippen LogP contribution in [-0.4, -0.2) is 12.6 Å². The molecule has 0 bridgehead atoms. The molecule has 0 amide bonds. The number of ether oxygens (including phenoxy) is 1. The molecule has 0 aromatic carbocycles. The quantitative estimate of drug-likeness (QED) is 0.540. The van der Waals surface area contributed by atoms with Crippen molar-refractivity contribution in [3.63, 3.8) is 0 Å².